The SMILES string of the molecule is COc1cc(C(=O)N2CC3CCC2[C@@H]3N)cc2nc(-c3cc4ccccc4n3CC3CC3)n(CC3CN(C(=O)c4ccc(Cl)s4)C3)c12. The number of ether oxygens (including phenoxy) is 1. The molecule has 0 spiro atoms. The molecule has 9 nitrogen and oxygen atoms in total. The summed E-state index contributed by atoms with van der Waals surface area (Å²) in [5, 5.41) is 1.18. The van der Waals surface area contributed by atoms with Crippen molar-refractivity contribution in [2.75, 3.05) is 26.7 Å². The van der Waals surface area contributed by atoms with E-state index in [0.29, 0.717) is 58.5 Å². The summed E-state index contributed by atoms with van der Waals surface area (Å²) >= 11 is 7.43. The fraction of sp³-hybridized carbons (Fsp3) is 0.417. The lowest BCUT2D eigenvalue weighted by Crippen LogP contribution is -2.51. The van der Waals surface area contributed by atoms with Crippen LogP contribution in [0.2, 0.25) is 4.34 Å². The second-order valence-electron chi connectivity index (χ2n) is 13.9. The summed E-state index contributed by atoms with van der Waals surface area (Å²) in [6.07, 6.45) is 4.53. The first-order chi connectivity index (χ1) is 22.9. The highest BCUT2D eigenvalue weighted by atomic mass is 35.5. The maximum atomic E-state index is 13.9. The van der Waals surface area contributed by atoms with Crippen molar-refractivity contribution in [2.45, 2.75) is 50.9 Å². The number of para-hydroxylation sites is 1. The normalized spacial score (nSPS) is 22.5. The average molecular weight is 669 g/mol. The van der Waals surface area contributed by atoms with Gasteiger partial charge in [0.2, 0.25) is 0 Å². The number of hydrogen-bond acceptors (Lipinski definition) is 6. The van der Waals surface area contributed by atoms with Gasteiger partial charge in [0.05, 0.1) is 27.5 Å². The Hall–Kier alpha value is -3.86. The van der Waals surface area contributed by atoms with Crippen LogP contribution in [0, 0.1) is 17.8 Å². The number of nitrogens with zero attached hydrogens (tertiary/aromatic N) is 5. The van der Waals surface area contributed by atoms with Gasteiger partial charge in [0.15, 0.2) is 5.82 Å². The van der Waals surface area contributed by atoms with E-state index in [4.69, 9.17) is 27.1 Å². The summed E-state index contributed by atoms with van der Waals surface area (Å²) in [5.41, 5.74) is 10.9. The number of amides is 2. The van der Waals surface area contributed by atoms with Crippen LogP contribution < -0.4 is 10.5 Å². The molecule has 9 rings (SSSR count). The Morgan fingerprint density at radius 1 is 0.957 bits per heavy atom. The fourth-order valence-electron chi connectivity index (χ4n) is 8.18. The van der Waals surface area contributed by atoms with Gasteiger partial charge in [-0.3, -0.25) is 9.59 Å². The number of hydrogen-bond donors (Lipinski definition) is 1. The maximum absolute atomic E-state index is 13.9. The summed E-state index contributed by atoms with van der Waals surface area (Å²) in [5.74, 6) is 2.78. The number of aromatic nitrogens is 3. The van der Waals surface area contributed by atoms with E-state index in [9.17, 15) is 9.59 Å². The van der Waals surface area contributed by atoms with Crippen molar-refractivity contribution >= 4 is 56.7 Å². The Kier molecular flexibility index (Phi) is 6.92. The van der Waals surface area contributed by atoms with E-state index in [1.54, 1.807) is 19.2 Å². The molecule has 3 atom stereocenters. The summed E-state index contributed by atoms with van der Waals surface area (Å²) in [6, 6.07) is 18.3. The number of likely N-dealkylation sites (tertiary alicyclic amines) is 2. The standard InChI is InChI=1S/C36H37ClN6O3S/c1-46-29-14-24(35(44)42-19-23-8-9-27(42)32(23)38)12-25-33(29)43(18-21-15-40(16-21)36(45)30-10-11-31(37)47-30)34(39-25)28-13-22-4-2-3-5-26(22)41(28)17-20-6-7-20/h2-5,10-14,20-21,23,27,32H,6-9,15-19,38H2,1H3/t23?,27?,32-/m1/s1. The van der Waals surface area contributed by atoms with Crippen LogP contribution in [-0.2, 0) is 13.1 Å². The summed E-state index contributed by atoms with van der Waals surface area (Å²) in [4.78, 5) is 36.9. The Morgan fingerprint density at radius 3 is 2.47 bits per heavy atom. The van der Waals surface area contributed by atoms with Crippen molar-refractivity contribution < 1.29 is 14.3 Å². The van der Waals surface area contributed by atoms with Crippen molar-refractivity contribution in [3.8, 4) is 17.3 Å². The van der Waals surface area contributed by atoms with E-state index in [-0.39, 0.29) is 29.8 Å². The molecule has 2 unspecified atom stereocenters. The number of carbonyl (C=O) groups is 2. The first kappa shape index (κ1) is 29.3. The molecular formula is C36H37ClN6O3S. The second kappa shape index (κ2) is 11.1. The van der Waals surface area contributed by atoms with Gasteiger partial charge in [-0.05, 0) is 73.9 Å². The number of benzene rings is 2. The Labute approximate surface area is 281 Å². The quantitative estimate of drug-likeness (QED) is 0.215. The third-order valence-corrected chi connectivity index (χ3v) is 12.1. The van der Waals surface area contributed by atoms with Crippen molar-refractivity contribution in [2.24, 2.45) is 23.5 Å². The van der Waals surface area contributed by atoms with E-state index in [2.05, 4.69) is 39.5 Å². The highest BCUT2D eigenvalue weighted by Crippen LogP contribution is 2.41. The number of rotatable bonds is 8. The maximum Gasteiger partial charge on any atom is 0.263 e. The summed E-state index contributed by atoms with van der Waals surface area (Å²) < 4.78 is 11.3. The number of piperidine rings is 1. The molecule has 2 aromatic carbocycles. The van der Waals surface area contributed by atoms with Crippen LogP contribution in [0.5, 0.6) is 5.75 Å². The Balaban J connectivity index is 1.12. The smallest absolute Gasteiger partial charge is 0.263 e. The minimum atomic E-state index is -0.00590. The first-order valence-corrected chi connectivity index (χ1v) is 17.8. The van der Waals surface area contributed by atoms with Crippen LogP contribution in [0.3, 0.4) is 0 Å². The van der Waals surface area contributed by atoms with Crippen molar-refractivity contribution in [3.63, 3.8) is 0 Å². The molecule has 5 heterocycles. The van der Waals surface area contributed by atoms with E-state index >= 15 is 0 Å². The number of imidazole rings is 1. The third kappa shape index (κ3) is 4.86. The molecule has 4 fully saturated rings. The van der Waals surface area contributed by atoms with Crippen LogP contribution in [0.15, 0.2) is 54.6 Å². The van der Waals surface area contributed by atoms with Crippen LogP contribution in [-0.4, -0.2) is 74.6 Å². The number of carbonyl (C=O) groups excluding carboxylic acids is 2. The van der Waals surface area contributed by atoms with Gasteiger partial charge in [-0.1, -0.05) is 29.8 Å². The molecule has 4 aliphatic rings. The van der Waals surface area contributed by atoms with Crippen LogP contribution >= 0.6 is 22.9 Å². The lowest BCUT2D eigenvalue weighted by molar-refractivity contribution is 0.0476. The van der Waals surface area contributed by atoms with Gasteiger partial charge in [0.25, 0.3) is 11.8 Å². The largest absolute Gasteiger partial charge is 0.494 e. The summed E-state index contributed by atoms with van der Waals surface area (Å²) in [7, 11) is 1.66. The van der Waals surface area contributed by atoms with Crippen molar-refractivity contribution in [3.05, 3.63) is 69.4 Å². The first-order valence-electron chi connectivity index (χ1n) is 16.6. The molecular weight excluding hydrogens is 632 g/mol. The van der Waals surface area contributed by atoms with Crippen molar-refractivity contribution in [1.82, 2.24) is 23.9 Å². The van der Waals surface area contributed by atoms with Gasteiger partial charge in [0.1, 0.15) is 11.3 Å². The van der Waals surface area contributed by atoms with Crippen LogP contribution in [0.4, 0.5) is 0 Å². The molecule has 5 aromatic rings. The molecule has 2 N–H and O–H groups in total. The molecule has 47 heavy (non-hydrogen) atoms. The minimum absolute atomic E-state index is 0.00590. The molecule has 11 heteroatoms. The number of nitrogens with two attached hydrogens (primary N) is 1. The number of methoxy groups -OCH3 is 1. The topological polar surface area (TPSA) is 98.6 Å². The molecule has 2 saturated heterocycles. The third-order valence-electron chi connectivity index (χ3n) is 10.8. The van der Waals surface area contributed by atoms with Gasteiger partial charge >= 0.3 is 0 Å². The Morgan fingerprint density at radius 2 is 1.77 bits per heavy atom. The van der Waals surface area contributed by atoms with Gasteiger partial charge < -0.3 is 29.4 Å². The monoisotopic (exact) mass is 668 g/mol. The molecule has 2 aliphatic heterocycles. The van der Waals surface area contributed by atoms with Gasteiger partial charge in [-0.15, -0.1) is 11.3 Å². The lowest BCUT2D eigenvalue weighted by atomic mass is 9.99. The zero-order valence-electron chi connectivity index (χ0n) is 26.3. The molecule has 2 amide bonds. The van der Waals surface area contributed by atoms with Gasteiger partial charge in [-0.25, -0.2) is 4.98 Å². The highest BCUT2D eigenvalue weighted by Gasteiger charge is 2.47. The number of fused-ring (bicyclic) bond motifs is 4. The van der Waals surface area contributed by atoms with E-state index in [0.717, 1.165) is 41.9 Å². The summed E-state index contributed by atoms with van der Waals surface area (Å²) in [6.45, 7) is 3.62. The van der Waals surface area contributed by atoms with Crippen LogP contribution in [0.1, 0.15) is 45.7 Å². The van der Waals surface area contributed by atoms with Gasteiger partial charge in [0, 0.05) is 67.2 Å². The average Bonchev–Trinajstić information content (AvgIpc) is 3.34. The predicted molar refractivity (Wildman–Crippen MR) is 184 cm³/mol. The highest BCUT2D eigenvalue weighted by molar-refractivity contribution is 7.18. The molecule has 3 aromatic heterocycles. The number of halogens is 1. The molecule has 2 bridgehead atoms. The second-order valence-corrected chi connectivity index (χ2v) is 15.6. The molecule has 0 radical (unpaired) electrons. The Bertz CT molecular complexity index is 2060. The zero-order chi connectivity index (χ0) is 32.0. The molecule has 2 aliphatic carbocycles. The van der Waals surface area contributed by atoms with E-state index in [1.807, 2.05) is 21.9 Å². The molecule has 242 valence electrons. The van der Waals surface area contributed by atoms with E-state index < -0.39 is 0 Å². The molecule has 2 saturated carbocycles. The minimum Gasteiger partial charge on any atom is -0.494 e. The van der Waals surface area contributed by atoms with Gasteiger partial charge in [-0.2, -0.15) is 0 Å². The number of thiophene rings is 1. The lowest BCUT2D eigenvalue weighted by Gasteiger charge is -2.39. The van der Waals surface area contributed by atoms with Crippen molar-refractivity contribution in [1.29, 1.82) is 0 Å². The fourth-order valence-corrected chi connectivity index (χ4v) is 9.19. The van der Waals surface area contributed by atoms with E-state index in [1.165, 1.54) is 35.1 Å². The van der Waals surface area contributed by atoms with Crippen LogP contribution in [0.25, 0.3) is 33.5 Å². The predicted octanol–water partition coefficient (Wildman–Crippen LogP) is 6.13. The zero-order valence-corrected chi connectivity index (χ0v) is 27.8.